The second kappa shape index (κ2) is 5.06. The maximum absolute atomic E-state index is 5.95. The third-order valence-electron chi connectivity index (χ3n) is 2.50. The predicted molar refractivity (Wildman–Crippen MR) is 72.1 cm³/mol. The zero-order valence-electron chi connectivity index (χ0n) is 9.52. The molecule has 1 aromatic carbocycles. The van der Waals surface area contributed by atoms with Crippen LogP contribution in [-0.2, 0) is 0 Å². The largest absolute Gasteiger partial charge is 0.397 e. The second-order valence-corrected chi connectivity index (χ2v) is 4.33. The second-order valence-electron chi connectivity index (χ2n) is 3.90. The fraction of sp³-hybridized carbons (Fsp3) is 0.154. The minimum absolute atomic E-state index is 0.143. The van der Waals surface area contributed by atoms with Crippen LogP contribution in [0.2, 0.25) is 5.02 Å². The summed E-state index contributed by atoms with van der Waals surface area (Å²) < 4.78 is 0. The van der Waals surface area contributed by atoms with E-state index < -0.39 is 0 Å². The highest BCUT2D eigenvalue weighted by atomic mass is 35.5. The van der Waals surface area contributed by atoms with Crippen molar-refractivity contribution in [2.75, 3.05) is 11.1 Å². The molecular weight excluding hydrogens is 234 g/mol. The van der Waals surface area contributed by atoms with Crippen molar-refractivity contribution in [1.29, 1.82) is 0 Å². The van der Waals surface area contributed by atoms with E-state index in [0.717, 1.165) is 16.4 Å². The third-order valence-corrected chi connectivity index (χ3v) is 2.73. The van der Waals surface area contributed by atoms with Crippen molar-refractivity contribution >= 4 is 23.1 Å². The Kier molecular flexibility index (Phi) is 3.49. The summed E-state index contributed by atoms with van der Waals surface area (Å²) in [6.07, 6.45) is 1.63. The lowest BCUT2D eigenvalue weighted by atomic mass is 10.1. The third kappa shape index (κ3) is 3.11. The molecule has 0 saturated carbocycles. The van der Waals surface area contributed by atoms with E-state index in [1.165, 1.54) is 0 Å². The zero-order chi connectivity index (χ0) is 12.3. The highest BCUT2D eigenvalue weighted by molar-refractivity contribution is 6.30. The van der Waals surface area contributed by atoms with Crippen LogP contribution < -0.4 is 11.1 Å². The van der Waals surface area contributed by atoms with Gasteiger partial charge in [0.05, 0.1) is 11.9 Å². The van der Waals surface area contributed by atoms with Gasteiger partial charge in [0.2, 0.25) is 0 Å². The maximum atomic E-state index is 5.95. The fourth-order valence-electron chi connectivity index (χ4n) is 1.57. The quantitative estimate of drug-likeness (QED) is 0.873. The molecule has 0 aliphatic rings. The van der Waals surface area contributed by atoms with Crippen molar-refractivity contribution in [3.63, 3.8) is 0 Å². The molecule has 3 N–H and O–H groups in total. The molecule has 2 aromatic rings. The molecule has 4 heteroatoms. The summed E-state index contributed by atoms with van der Waals surface area (Å²) in [7, 11) is 0. The number of rotatable bonds is 3. The Morgan fingerprint density at radius 3 is 2.76 bits per heavy atom. The number of nitrogens with zero attached hydrogens (tertiary/aromatic N) is 1. The van der Waals surface area contributed by atoms with Gasteiger partial charge in [-0.2, -0.15) is 0 Å². The molecule has 17 heavy (non-hydrogen) atoms. The molecule has 0 bridgehead atoms. The van der Waals surface area contributed by atoms with Gasteiger partial charge in [-0.15, -0.1) is 0 Å². The Morgan fingerprint density at radius 1 is 1.29 bits per heavy atom. The summed E-state index contributed by atoms with van der Waals surface area (Å²) in [6, 6.07) is 11.6. The van der Waals surface area contributed by atoms with Gasteiger partial charge in [0.15, 0.2) is 0 Å². The zero-order valence-corrected chi connectivity index (χ0v) is 10.3. The Bertz CT molecular complexity index is 496. The van der Waals surface area contributed by atoms with Crippen LogP contribution in [0.3, 0.4) is 0 Å². The molecule has 1 aromatic heterocycles. The van der Waals surface area contributed by atoms with E-state index in [1.807, 2.05) is 36.4 Å². The molecule has 0 fully saturated rings. The molecule has 0 radical (unpaired) electrons. The summed E-state index contributed by atoms with van der Waals surface area (Å²) in [5.41, 5.74) is 7.36. The molecule has 0 spiro atoms. The van der Waals surface area contributed by atoms with Gasteiger partial charge in [0, 0.05) is 11.1 Å². The van der Waals surface area contributed by atoms with Crippen LogP contribution in [0.15, 0.2) is 42.6 Å². The van der Waals surface area contributed by atoms with Gasteiger partial charge in [0.1, 0.15) is 5.82 Å². The molecule has 0 amide bonds. The molecule has 1 heterocycles. The molecule has 0 aliphatic carbocycles. The first kappa shape index (κ1) is 11.7. The highest BCUT2D eigenvalue weighted by Crippen LogP contribution is 2.20. The average Bonchev–Trinajstić information content (AvgIpc) is 2.32. The summed E-state index contributed by atoms with van der Waals surface area (Å²) >= 11 is 5.95. The smallest absolute Gasteiger partial charge is 0.126 e. The normalized spacial score (nSPS) is 12.1. The molecule has 88 valence electrons. The first-order valence-corrected chi connectivity index (χ1v) is 5.76. The summed E-state index contributed by atoms with van der Waals surface area (Å²) in [4.78, 5) is 4.20. The van der Waals surface area contributed by atoms with Crippen molar-refractivity contribution in [1.82, 2.24) is 4.98 Å². The molecular formula is C13H14ClN3. The lowest BCUT2D eigenvalue weighted by Crippen LogP contribution is -2.07. The summed E-state index contributed by atoms with van der Waals surface area (Å²) in [5, 5.41) is 4.02. The van der Waals surface area contributed by atoms with Gasteiger partial charge < -0.3 is 11.1 Å². The molecule has 0 saturated heterocycles. The van der Waals surface area contributed by atoms with Gasteiger partial charge in [0.25, 0.3) is 0 Å². The number of anilines is 2. The van der Waals surface area contributed by atoms with Crippen LogP contribution in [0.4, 0.5) is 11.5 Å². The van der Waals surface area contributed by atoms with Crippen molar-refractivity contribution in [3.05, 3.63) is 53.2 Å². The van der Waals surface area contributed by atoms with Crippen LogP contribution in [0.25, 0.3) is 0 Å². The van der Waals surface area contributed by atoms with Gasteiger partial charge in [-0.25, -0.2) is 4.98 Å². The van der Waals surface area contributed by atoms with Crippen LogP contribution >= 0.6 is 11.6 Å². The highest BCUT2D eigenvalue weighted by Gasteiger charge is 2.06. The minimum atomic E-state index is 0.143. The Hall–Kier alpha value is -1.74. The van der Waals surface area contributed by atoms with Crippen molar-refractivity contribution < 1.29 is 0 Å². The number of nitrogens with two attached hydrogens (primary N) is 1. The van der Waals surface area contributed by atoms with Crippen LogP contribution in [-0.4, -0.2) is 4.98 Å². The summed E-state index contributed by atoms with van der Waals surface area (Å²) in [6.45, 7) is 2.06. The van der Waals surface area contributed by atoms with E-state index in [1.54, 1.807) is 6.20 Å². The van der Waals surface area contributed by atoms with E-state index >= 15 is 0 Å². The number of hydrogen-bond acceptors (Lipinski definition) is 3. The molecule has 2 rings (SSSR count). The number of benzene rings is 1. The van der Waals surface area contributed by atoms with E-state index in [0.29, 0.717) is 5.69 Å². The minimum Gasteiger partial charge on any atom is -0.397 e. The molecule has 0 aliphatic heterocycles. The monoisotopic (exact) mass is 247 g/mol. The maximum Gasteiger partial charge on any atom is 0.126 e. The molecule has 3 nitrogen and oxygen atoms in total. The van der Waals surface area contributed by atoms with E-state index in [2.05, 4.69) is 17.2 Å². The number of nitrogen functional groups attached to an aromatic ring is 1. The number of hydrogen-bond donors (Lipinski definition) is 2. The lowest BCUT2D eigenvalue weighted by Gasteiger charge is -2.15. The number of aromatic nitrogens is 1. The lowest BCUT2D eigenvalue weighted by molar-refractivity contribution is 0.875. The van der Waals surface area contributed by atoms with Gasteiger partial charge in [-0.1, -0.05) is 23.7 Å². The van der Waals surface area contributed by atoms with Crippen molar-refractivity contribution in [3.8, 4) is 0 Å². The predicted octanol–water partition coefficient (Wildman–Crippen LogP) is 3.49. The molecule has 1 atom stereocenters. The van der Waals surface area contributed by atoms with Crippen LogP contribution in [0.1, 0.15) is 18.5 Å². The van der Waals surface area contributed by atoms with Crippen LogP contribution in [0, 0.1) is 0 Å². The van der Waals surface area contributed by atoms with E-state index in [-0.39, 0.29) is 6.04 Å². The first-order valence-electron chi connectivity index (χ1n) is 5.38. The number of pyridine rings is 1. The first-order chi connectivity index (χ1) is 8.15. The fourth-order valence-corrected chi connectivity index (χ4v) is 1.77. The van der Waals surface area contributed by atoms with Crippen LogP contribution in [0.5, 0.6) is 0 Å². The summed E-state index contributed by atoms with van der Waals surface area (Å²) in [5.74, 6) is 0.798. The Labute approximate surface area is 106 Å². The van der Waals surface area contributed by atoms with Crippen molar-refractivity contribution in [2.45, 2.75) is 13.0 Å². The van der Waals surface area contributed by atoms with Gasteiger partial charge in [-0.3, -0.25) is 0 Å². The number of nitrogens with one attached hydrogen (secondary N) is 1. The number of halogens is 1. The Morgan fingerprint density at radius 2 is 2.12 bits per heavy atom. The Balaban J connectivity index is 2.11. The van der Waals surface area contributed by atoms with Crippen molar-refractivity contribution in [2.24, 2.45) is 0 Å². The standard InChI is InChI=1S/C13H14ClN3/c1-9(10-3-2-4-11(14)7-10)17-13-6-5-12(15)8-16-13/h2-9H,15H2,1H3,(H,16,17). The van der Waals surface area contributed by atoms with E-state index in [4.69, 9.17) is 17.3 Å². The van der Waals surface area contributed by atoms with E-state index in [9.17, 15) is 0 Å². The topological polar surface area (TPSA) is 50.9 Å². The van der Waals surface area contributed by atoms with Gasteiger partial charge in [-0.05, 0) is 36.8 Å². The van der Waals surface area contributed by atoms with Gasteiger partial charge >= 0.3 is 0 Å². The SMILES string of the molecule is CC(Nc1ccc(N)cn1)c1cccc(Cl)c1. The average molecular weight is 248 g/mol. The molecule has 1 unspecified atom stereocenters.